The van der Waals surface area contributed by atoms with E-state index in [4.69, 9.17) is 0 Å². The van der Waals surface area contributed by atoms with Gasteiger partial charge in [0.15, 0.2) is 0 Å². The van der Waals surface area contributed by atoms with E-state index >= 15 is 0 Å². The van der Waals surface area contributed by atoms with Gasteiger partial charge in [-0.1, -0.05) is 18.2 Å². The number of halogens is 5. The Balaban J connectivity index is 2.50. The van der Waals surface area contributed by atoms with Crippen molar-refractivity contribution in [3.8, 4) is 11.1 Å². The van der Waals surface area contributed by atoms with Crippen molar-refractivity contribution < 1.29 is 26.7 Å². The van der Waals surface area contributed by atoms with Gasteiger partial charge in [-0.05, 0) is 23.8 Å². The molecule has 0 aliphatic carbocycles. The molecule has 0 amide bonds. The van der Waals surface area contributed by atoms with Crippen molar-refractivity contribution in [1.82, 2.24) is 0 Å². The fraction of sp³-hybridized carbons (Fsp3) is 0.0714. The van der Waals surface area contributed by atoms with Crippen LogP contribution in [0, 0.1) is 11.6 Å². The molecular weight excluding hydrogens is 279 g/mol. The summed E-state index contributed by atoms with van der Waals surface area (Å²) >= 11 is 0. The van der Waals surface area contributed by atoms with Crippen molar-refractivity contribution in [2.45, 2.75) is 6.18 Å². The van der Waals surface area contributed by atoms with E-state index in [-0.39, 0.29) is 16.7 Å². The first-order chi connectivity index (χ1) is 9.32. The third-order valence-corrected chi connectivity index (χ3v) is 2.71. The number of carbonyl (C=O) groups excluding carboxylic acids is 1. The van der Waals surface area contributed by atoms with Gasteiger partial charge in [-0.3, -0.25) is 4.79 Å². The maximum absolute atomic E-state index is 13.7. The Kier molecular flexibility index (Phi) is 3.57. The maximum atomic E-state index is 13.7. The van der Waals surface area contributed by atoms with E-state index in [9.17, 15) is 26.7 Å². The largest absolute Gasteiger partial charge is 0.419 e. The van der Waals surface area contributed by atoms with Gasteiger partial charge in [0, 0.05) is 11.1 Å². The molecule has 0 unspecified atom stereocenters. The Bertz CT molecular complexity index is 661. The van der Waals surface area contributed by atoms with E-state index < -0.39 is 23.4 Å². The Morgan fingerprint density at radius 1 is 0.900 bits per heavy atom. The van der Waals surface area contributed by atoms with Crippen molar-refractivity contribution >= 4 is 6.29 Å². The van der Waals surface area contributed by atoms with Gasteiger partial charge >= 0.3 is 6.18 Å². The summed E-state index contributed by atoms with van der Waals surface area (Å²) in [7, 11) is 0. The molecule has 0 N–H and O–H groups in total. The number of hydrogen-bond acceptors (Lipinski definition) is 1. The molecule has 2 rings (SSSR count). The summed E-state index contributed by atoms with van der Waals surface area (Å²) in [6.07, 6.45) is -4.37. The lowest BCUT2D eigenvalue weighted by molar-refractivity contribution is -0.139. The lowest BCUT2D eigenvalue weighted by atomic mass is 10.0. The van der Waals surface area contributed by atoms with Gasteiger partial charge in [0.1, 0.15) is 17.9 Å². The molecule has 2 aromatic carbocycles. The van der Waals surface area contributed by atoms with Crippen LogP contribution >= 0.6 is 0 Å². The van der Waals surface area contributed by atoms with Crippen molar-refractivity contribution in [2.75, 3.05) is 0 Å². The van der Waals surface area contributed by atoms with E-state index in [1.807, 2.05) is 0 Å². The van der Waals surface area contributed by atoms with Crippen LogP contribution in [0.4, 0.5) is 22.0 Å². The van der Waals surface area contributed by atoms with Crippen LogP contribution in [0.2, 0.25) is 0 Å². The zero-order valence-corrected chi connectivity index (χ0v) is 9.84. The Labute approximate surface area is 110 Å². The molecular formula is C14H7F5O. The Morgan fingerprint density at radius 3 is 2.10 bits per heavy atom. The summed E-state index contributed by atoms with van der Waals surface area (Å²) in [5.41, 5.74) is -1.45. The highest BCUT2D eigenvalue weighted by molar-refractivity contribution is 5.77. The van der Waals surface area contributed by atoms with Gasteiger partial charge < -0.3 is 0 Å². The van der Waals surface area contributed by atoms with Gasteiger partial charge in [-0.25, -0.2) is 8.78 Å². The van der Waals surface area contributed by atoms with E-state index in [0.29, 0.717) is 18.4 Å². The number of hydrogen-bond donors (Lipinski definition) is 0. The van der Waals surface area contributed by atoms with Crippen LogP contribution < -0.4 is 0 Å². The quantitative estimate of drug-likeness (QED) is 0.588. The highest BCUT2D eigenvalue weighted by Crippen LogP contribution is 2.34. The van der Waals surface area contributed by atoms with Crippen LogP contribution in [0.5, 0.6) is 0 Å². The molecule has 104 valence electrons. The second-order valence-corrected chi connectivity index (χ2v) is 4.05. The molecule has 0 atom stereocenters. The lowest BCUT2D eigenvalue weighted by Gasteiger charge is -2.10. The molecule has 0 bridgehead atoms. The number of benzene rings is 2. The molecule has 0 saturated carbocycles. The number of alkyl halides is 3. The highest BCUT2D eigenvalue weighted by Gasteiger charge is 2.34. The molecule has 6 heteroatoms. The monoisotopic (exact) mass is 286 g/mol. The first kappa shape index (κ1) is 14.2. The first-order valence-corrected chi connectivity index (χ1v) is 5.45. The molecule has 20 heavy (non-hydrogen) atoms. The normalized spacial score (nSPS) is 11.4. The van der Waals surface area contributed by atoms with E-state index in [1.165, 1.54) is 12.1 Å². The lowest BCUT2D eigenvalue weighted by Crippen LogP contribution is -2.07. The number of carbonyl (C=O) groups is 1. The van der Waals surface area contributed by atoms with Crippen LogP contribution in [-0.4, -0.2) is 6.29 Å². The molecule has 0 heterocycles. The van der Waals surface area contributed by atoms with Crippen LogP contribution in [0.1, 0.15) is 15.9 Å². The summed E-state index contributed by atoms with van der Waals surface area (Å²) in [5.74, 6) is -2.29. The van der Waals surface area contributed by atoms with Gasteiger partial charge in [-0.2, -0.15) is 13.2 Å². The number of rotatable bonds is 2. The average molecular weight is 286 g/mol. The molecule has 0 aromatic heterocycles. The van der Waals surface area contributed by atoms with Crippen molar-refractivity contribution in [2.24, 2.45) is 0 Å². The van der Waals surface area contributed by atoms with Gasteiger partial charge in [0.05, 0.1) is 5.56 Å². The third-order valence-electron chi connectivity index (χ3n) is 2.71. The van der Waals surface area contributed by atoms with Gasteiger partial charge in [-0.15, -0.1) is 0 Å². The summed E-state index contributed by atoms with van der Waals surface area (Å²) in [6.45, 7) is 0. The van der Waals surface area contributed by atoms with Crippen LogP contribution in [0.3, 0.4) is 0 Å². The van der Waals surface area contributed by atoms with Gasteiger partial charge in [0.25, 0.3) is 0 Å². The summed E-state index contributed by atoms with van der Waals surface area (Å²) in [5, 5.41) is 0. The zero-order chi connectivity index (χ0) is 14.9. The summed E-state index contributed by atoms with van der Waals surface area (Å²) in [6, 6.07) is 5.57. The standard InChI is InChI=1S/C14H7F5O/c15-12-5-8(7-20)1-3-10(12)9-2-4-11(13(16)6-9)14(17,18)19/h1-7H. The fourth-order valence-corrected chi connectivity index (χ4v) is 1.75. The topological polar surface area (TPSA) is 17.1 Å². The van der Waals surface area contributed by atoms with Crippen LogP contribution in [-0.2, 0) is 6.18 Å². The van der Waals surface area contributed by atoms with Crippen LogP contribution in [0.15, 0.2) is 36.4 Å². The van der Waals surface area contributed by atoms with Crippen molar-refractivity contribution in [1.29, 1.82) is 0 Å². The molecule has 0 spiro atoms. The predicted octanol–water partition coefficient (Wildman–Crippen LogP) is 4.46. The minimum Gasteiger partial charge on any atom is -0.298 e. The van der Waals surface area contributed by atoms with E-state index in [1.54, 1.807) is 0 Å². The molecule has 0 aliphatic heterocycles. The molecule has 0 fully saturated rings. The fourth-order valence-electron chi connectivity index (χ4n) is 1.75. The molecule has 0 radical (unpaired) electrons. The predicted molar refractivity (Wildman–Crippen MR) is 62.2 cm³/mol. The SMILES string of the molecule is O=Cc1ccc(-c2ccc(C(F)(F)F)c(F)c2)c(F)c1. The van der Waals surface area contributed by atoms with Crippen molar-refractivity contribution in [3.05, 3.63) is 59.2 Å². The highest BCUT2D eigenvalue weighted by atomic mass is 19.4. The Morgan fingerprint density at radius 2 is 1.60 bits per heavy atom. The third kappa shape index (κ3) is 2.68. The van der Waals surface area contributed by atoms with Crippen LogP contribution in [0.25, 0.3) is 11.1 Å². The molecule has 0 saturated heterocycles. The maximum Gasteiger partial charge on any atom is 0.419 e. The average Bonchev–Trinajstić information content (AvgIpc) is 2.36. The second kappa shape index (κ2) is 5.03. The number of aldehydes is 1. The first-order valence-electron chi connectivity index (χ1n) is 5.45. The van der Waals surface area contributed by atoms with Crippen molar-refractivity contribution in [3.63, 3.8) is 0 Å². The van der Waals surface area contributed by atoms with E-state index in [0.717, 1.165) is 12.1 Å². The minimum absolute atomic E-state index is 0.0366. The zero-order valence-electron chi connectivity index (χ0n) is 9.84. The minimum atomic E-state index is -4.80. The van der Waals surface area contributed by atoms with Gasteiger partial charge in [0.2, 0.25) is 0 Å². The Hall–Kier alpha value is -2.24. The molecule has 0 aliphatic rings. The second-order valence-electron chi connectivity index (χ2n) is 4.05. The summed E-state index contributed by atoms with van der Waals surface area (Å²) in [4.78, 5) is 10.5. The summed E-state index contributed by atoms with van der Waals surface area (Å²) < 4.78 is 64.3. The molecule has 1 nitrogen and oxygen atoms in total. The molecule has 2 aromatic rings. The smallest absolute Gasteiger partial charge is 0.298 e. The van der Waals surface area contributed by atoms with E-state index in [2.05, 4.69) is 0 Å².